The lowest BCUT2D eigenvalue weighted by Crippen LogP contribution is -2.40. The van der Waals surface area contributed by atoms with Gasteiger partial charge in [-0.15, -0.1) is 0 Å². The number of rotatable bonds is 25. The van der Waals surface area contributed by atoms with Crippen molar-refractivity contribution in [2.45, 2.75) is 135 Å². The van der Waals surface area contributed by atoms with Gasteiger partial charge in [-0.25, -0.2) is 44.3 Å². The van der Waals surface area contributed by atoms with E-state index in [0.717, 1.165) is 41.6 Å². The van der Waals surface area contributed by atoms with Gasteiger partial charge in [0.2, 0.25) is 0 Å². The van der Waals surface area contributed by atoms with Gasteiger partial charge in [-0.1, -0.05) is 6.92 Å². The number of ether oxygens (including phenoxy) is 7. The quantitative estimate of drug-likeness (QED) is 0.0479. The maximum Gasteiger partial charge on any atom is 0.328 e. The fraction of sp³-hybridized carbons (Fsp3) is 0.475. The van der Waals surface area contributed by atoms with E-state index in [9.17, 15) is 58.9 Å². The predicted molar refractivity (Wildman–Crippen MR) is 417 cm³/mol. The van der Waals surface area contributed by atoms with Gasteiger partial charge in [0, 0.05) is 182 Å². The Hall–Kier alpha value is -12.0. The van der Waals surface area contributed by atoms with Crippen LogP contribution in [0.2, 0.25) is 0 Å². The average Bonchev–Trinajstić information content (AvgIpc) is 1.53. The second-order valence-electron chi connectivity index (χ2n) is 28.7. The van der Waals surface area contributed by atoms with E-state index in [1.165, 1.54) is 60.7 Å². The summed E-state index contributed by atoms with van der Waals surface area (Å²) in [4.78, 5) is 151. The standard InChI is InChI=1S/C27H31N7O5.C27H32N6O5.C26H30N6O6/c1-38-20-5-8-32(15-20)22-11-24(29-13-19(22)12-28)31-27(37)34-7-3-4-17-10-18(21(16-35)30-25(17)34)14-33-9-6-23(39-2)26(33)36;1-17(16-37-2)9-19-11-24(29-13-21(19)12-28)31-27(36)33-7-4-5-18-10-20(22(15-34)30-25(18)33)14-32-8-6-23(38-3)26(32)35;1-16(15-36-2)38-22-10-23(28-12-19(22)11-27)30-26(35)32-7-4-5-17-9-18(20(14-33)29-24(17)32)13-31-8-6-21(37-3)25(31)34/h10-11,13,16,20,23H,3-9,14-15H2,1-2H3,(H,29,31,37);10-11,13,15,17,23H,4-9,14,16H2,1-3H3,(H,29,31,36);9-10,12,14,16,21H,4-8,13,15H2,1-3H3,(H,28,30,35)/t20-,23+;17-,23+;16-,21+/m111/s1. The zero-order chi connectivity index (χ0) is 82.0. The van der Waals surface area contributed by atoms with Gasteiger partial charge in [-0.2, -0.15) is 15.8 Å². The first-order chi connectivity index (χ1) is 55.7. The van der Waals surface area contributed by atoms with E-state index < -0.39 is 36.4 Å². The fourth-order valence-electron chi connectivity index (χ4n) is 15.1. The molecular formula is C80H93N19O16. The first-order valence-electron chi connectivity index (χ1n) is 38.0. The lowest BCUT2D eigenvalue weighted by atomic mass is 9.99. The molecule has 0 saturated carbocycles. The number of nitriles is 3. The van der Waals surface area contributed by atoms with Crippen molar-refractivity contribution >= 4 is 95.3 Å². The zero-order valence-electron chi connectivity index (χ0n) is 65.6. The summed E-state index contributed by atoms with van der Waals surface area (Å²) < 4.78 is 37.2. The summed E-state index contributed by atoms with van der Waals surface area (Å²) in [5.41, 5.74) is 7.56. The third-order valence-electron chi connectivity index (χ3n) is 20.9. The van der Waals surface area contributed by atoms with Gasteiger partial charge in [-0.05, 0) is 111 Å². The molecule has 13 rings (SSSR count). The molecule has 6 atom stereocenters. The number of anilines is 7. The van der Waals surface area contributed by atoms with Crippen LogP contribution in [0.15, 0.2) is 55.0 Å². The highest BCUT2D eigenvalue weighted by molar-refractivity contribution is 6.04. The van der Waals surface area contributed by atoms with Crippen LogP contribution in [0.25, 0.3) is 0 Å². The van der Waals surface area contributed by atoms with Crippen molar-refractivity contribution in [2.24, 2.45) is 5.92 Å². The summed E-state index contributed by atoms with van der Waals surface area (Å²) in [7, 11) is 9.39. The number of pyridine rings is 6. The van der Waals surface area contributed by atoms with Crippen molar-refractivity contribution in [1.82, 2.24) is 44.6 Å². The van der Waals surface area contributed by atoms with E-state index in [2.05, 4.69) is 62.9 Å². The Morgan fingerprint density at radius 1 is 0.496 bits per heavy atom. The van der Waals surface area contributed by atoms with E-state index in [0.29, 0.717) is 198 Å². The number of methoxy groups -OCH3 is 6. The highest BCUT2D eigenvalue weighted by Crippen LogP contribution is 2.35. The van der Waals surface area contributed by atoms with Gasteiger partial charge in [0.05, 0.1) is 35.7 Å². The lowest BCUT2D eigenvalue weighted by molar-refractivity contribution is -0.137. The largest absolute Gasteiger partial charge is 0.487 e. The summed E-state index contributed by atoms with van der Waals surface area (Å²) in [6.45, 7) is 9.73. The van der Waals surface area contributed by atoms with Crippen LogP contribution in [0.1, 0.15) is 146 Å². The van der Waals surface area contributed by atoms with E-state index in [4.69, 9.17) is 33.2 Å². The lowest BCUT2D eigenvalue weighted by Gasteiger charge is -2.29. The number of hydrogen-bond acceptors (Lipinski definition) is 26. The molecule has 7 aliphatic heterocycles. The van der Waals surface area contributed by atoms with Crippen LogP contribution in [-0.4, -0.2) is 238 Å². The number of aromatic nitrogens is 6. The Kier molecular flexibility index (Phi) is 28.5. The average molecular weight is 1580 g/mol. The Morgan fingerprint density at radius 3 is 1.27 bits per heavy atom. The van der Waals surface area contributed by atoms with Gasteiger partial charge < -0.3 is 52.8 Å². The number of carbonyl (C=O) groups excluding carboxylic acids is 9. The van der Waals surface area contributed by atoms with Gasteiger partial charge in [0.25, 0.3) is 17.7 Å². The molecule has 0 radical (unpaired) electrons. The normalized spacial score (nSPS) is 18.6. The number of urea groups is 3. The molecule has 0 aliphatic carbocycles. The molecule has 604 valence electrons. The summed E-state index contributed by atoms with van der Waals surface area (Å²) in [5.74, 6) is 2.22. The van der Waals surface area contributed by atoms with E-state index >= 15 is 0 Å². The highest BCUT2D eigenvalue weighted by Gasteiger charge is 2.38. The number of fused-ring (bicyclic) bond motifs is 3. The van der Waals surface area contributed by atoms with Crippen LogP contribution in [0.4, 0.5) is 55.0 Å². The topological polar surface area (TPSA) is 426 Å². The number of hydrogen-bond donors (Lipinski definition) is 3. The van der Waals surface area contributed by atoms with E-state index in [-0.39, 0.29) is 89.7 Å². The van der Waals surface area contributed by atoms with Crippen molar-refractivity contribution in [2.75, 3.05) is 144 Å². The molecule has 4 saturated heterocycles. The molecule has 0 unspecified atom stereocenters. The Morgan fingerprint density at radius 2 is 0.896 bits per heavy atom. The van der Waals surface area contributed by atoms with Crippen LogP contribution in [0.3, 0.4) is 0 Å². The maximum atomic E-state index is 13.4. The molecule has 6 aromatic heterocycles. The number of aldehydes is 3. The molecule has 3 N–H and O–H groups in total. The molecule has 9 amide bonds. The number of nitrogens with zero attached hydrogens (tertiary/aromatic N) is 16. The van der Waals surface area contributed by atoms with Crippen LogP contribution < -0.4 is 40.3 Å². The second-order valence-corrected chi connectivity index (χ2v) is 28.7. The summed E-state index contributed by atoms with van der Waals surface area (Å²) in [6, 6.07) is 15.5. The van der Waals surface area contributed by atoms with Crippen LogP contribution in [-0.2, 0) is 88.1 Å². The smallest absolute Gasteiger partial charge is 0.328 e. The van der Waals surface area contributed by atoms with Crippen molar-refractivity contribution in [3.05, 3.63) is 128 Å². The molecule has 0 aromatic carbocycles. The first-order valence-corrected chi connectivity index (χ1v) is 38.0. The number of carbonyl (C=O) groups is 9. The Bertz CT molecular complexity index is 4580. The molecule has 13 heterocycles. The number of likely N-dealkylation sites (tertiary alicyclic amines) is 3. The maximum absolute atomic E-state index is 13.4. The first kappa shape index (κ1) is 83.9. The van der Waals surface area contributed by atoms with Crippen LogP contribution in [0, 0.1) is 39.9 Å². The molecule has 0 bridgehead atoms. The molecule has 7 aliphatic rings. The molecule has 115 heavy (non-hydrogen) atoms. The second kappa shape index (κ2) is 39.1. The van der Waals surface area contributed by atoms with E-state index in [1.54, 1.807) is 55.1 Å². The van der Waals surface area contributed by atoms with Crippen LogP contribution in [0.5, 0.6) is 5.75 Å². The number of amides is 9. The Balaban J connectivity index is 0.000000170. The minimum atomic E-state index is -0.478. The molecule has 0 spiro atoms. The minimum absolute atomic E-state index is 0.0839. The van der Waals surface area contributed by atoms with Gasteiger partial charge >= 0.3 is 18.1 Å². The highest BCUT2D eigenvalue weighted by atomic mass is 16.5. The van der Waals surface area contributed by atoms with Crippen molar-refractivity contribution < 1.29 is 76.3 Å². The minimum Gasteiger partial charge on any atom is -0.487 e. The Labute approximate surface area is 665 Å². The zero-order valence-corrected chi connectivity index (χ0v) is 65.6. The SMILES string of the molecule is COC[C@@H](C)Oc1cc(NC(=O)N2CCCc3cc(CN4CC[C@H](OC)C4=O)c(C=O)nc32)ncc1C#N.COC[C@H](C)Cc1cc(NC(=O)N2CCCc3cc(CN4CC[C@H](OC)C4=O)c(C=O)nc32)ncc1C#N.CO[C@@H]1CCN(c2cc(NC(=O)N3CCCc4cc(CN5CC[C@H](OC)C5=O)c(C=O)nc43)ncc2C#N)C1. The summed E-state index contributed by atoms with van der Waals surface area (Å²) >= 11 is 0. The molecule has 4 fully saturated rings. The van der Waals surface area contributed by atoms with Crippen molar-refractivity contribution in [3.8, 4) is 24.0 Å². The van der Waals surface area contributed by atoms with Crippen molar-refractivity contribution in [3.63, 3.8) is 0 Å². The molecular weight excluding hydrogens is 1480 g/mol. The number of aryl methyl sites for hydroxylation is 3. The van der Waals surface area contributed by atoms with E-state index in [1.807, 2.05) is 31.2 Å². The number of nitrogens with one attached hydrogen (secondary N) is 3. The van der Waals surface area contributed by atoms with Gasteiger partial charge in [-0.3, -0.25) is 59.4 Å². The molecule has 6 aromatic rings. The van der Waals surface area contributed by atoms with Gasteiger partial charge in [0.1, 0.15) is 106 Å². The van der Waals surface area contributed by atoms with Crippen LogP contribution >= 0.6 is 0 Å². The predicted octanol–water partition coefficient (Wildman–Crippen LogP) is 7.14. The van der Waals surface area contributed by atoms with Gasteiger partial charge in [0.15, 0.2) is 18.9 Å². The fourth-order valence-corrected chi connectivity index (χ4v) is 15.1. The summed E-state index contributed by atoms with van der Waals surface area (Å²) in [6.07, 6.45) is 12.0. The molecule has 35 heteroatoms. The monoisotopic (exact) mass is 1580 g/mol. The van der Waals surface area contributed by atoms with Crippen molar-refractivity contribution in [1.29, 1.82) is 15.8 Å². The third-order valence-corrected chi connectivity index (χ3v) is 20.9. The third kappa shape index (κ3) is 19.8. The summed E-state index contributed by atoms with van der Waals surface area (Å²) in [5, 5.41) is 36.8. The molecule has 35 nitrogen and oxygen atoms in total.